The molecule has 0 bridgehead atoms. The van der Waals surface area contributed by atoms with Crippen LogP contribution < -0.4 is 4.90 Å². The van der Waals surface area contributed by atoms with Gasteiger partial charge in [-0.1, -0.05) is 19.1 Å². The molecular formula is C16H24N2O2S. The van der Waals surface area contributed by atoms with Crippen molar-refractivity contribution in [3.8, 4) is 0 Å². The van der Waals surface area contributed by atoms with E-state index in [4.69, 9.17) is 4.74 Å². The van der Waals surface area contributed by atoms with E-state index in [1.54, 1.807) is 7.11 Å². The monoisotopic (exact) mass is 308 g/mol. The highest BCUT2D eigenvalue weighted by atomic mass is 32.2. The Morgan fingerprint density at radius 3 is 3.00 bits per heavy atom. The molecule has 0 spiro atoms. The minimum atomic E-state index is 0.163. The van der Waals surface area contributed by atoms with Crippen molar-refractivity contribution in [2.45, 2.75) is 23.5 Å². The van der Waals surface area contributed by atoms with Crippen molar-refractivity contribution in [2.75, 3.05) is 45.3 Å². The lowest BCUT2D eigenvalue weighted by atomic mass is 10.2. The molecule has 0 radical (unpaired) electrons. The second kappa shape index (κ2) is 7.82. The summed E-state index contributed by atoms with van der Waals surface area (Å²) in [5.74, 6) is 0.163. The zero-order chi connectivity index (χ0) is 15.2. The van der Waals surface area contributed by atoms with Gasteiger partial charge in [-0.15, -0.1) is 11.8 Å². The van der Waals surface area contributed by atoms with Crippen molar-refractivity contribution in [1.29, 1.82) is 0 Å². The van der Waals surface area contributed by atoms with E-state index in [0.29, 0.717) is 18.4 Å². The normalized spacial score (nSPS) is 18.5. The molecule has 1 aliphatic rings. The fourth-order valence-corrected chi connectivity index (χ4v) is 3.50. The topological polar surface area (TPSA) is 32.8 Å². The summed E-state index contributed by atoms with van der Waals surface area (Å²) in [6.07, 6.45) is 1.02. The fraction of sp³-hybridized carbons (Fsp3) is 0.562. The molecular weight excluding hydrogens is 284 g/mol. The number of benzene rings is 1. The summed E-state index contributed by atoms with van der Waals surface area (Å²) in [5.41, 5.74) is 1.05. The Bertz CT molecular complexity index is 481. The summed E-state index contributed by atoms with van der Waals surface area (Å²) in [7, 11) is 3.64. The third-order valence-electron chi connectivity index (χ3n) is 3.63. The van der Waals surface area contributed by atoms with Gasteiger partial charge in [0.15, 0.2) is 0 Å². The van der Waals surface area contributed by atoms with E-state index in [0.717, 1.165) is 25.2 Å². The second-order valence-electron chi connectivity index (χ2n) is 5.46. The third kappa shape index (κ3) is 4.46. The number of thioether (sulfide) groups is 1. The third-order valence-corrected chi connectivity index (χ3v) is 4.86. The van der Waals surface area contributed by atoms with Crippen molar-refractivity contribution >= 4 is 23.4 Å². The Kier molecular flexibility index (Phi) is 6.08. The van der Waals surface area contributed by atoms with Gasteiger partial charge in [-0.3, -0.25) is 9.69 Å². The highest BCUT2D eigenvalue weighted by Crippen LogP contribution is 2.37. The predicted octanol–water partition coefficient (Wildman–Crippen LogP) is 2.48. The fourth-order valence-electron chi connectivity index (χ4n) is 2.39. The SMILES string of the molecule is COCCN(C)CC(=O)N1CCC(C)Sc2ccccc21. The molecule has 21 heavy (non-hydrogen) atoms. The number of carbonyl (C=O) groups is 1. The van der Waals surface area contributed by atoms with Crippen LogP contribution in [0.25, 0.3) is 0 Å². The molecule has 0 N–H and O–H groups in total. The van der Waals surface area contributed by atoms with Crippen LogP contribution in [0, 0.1) is 0 Å². The molecule has 4 nitrogen and oxygen atoms in total. The standard InChI is InChI=1S/C16H24N2O2S/c1-13-8-9-18(14-6-4-5-7-15(14)21-13)16(19)12-17(2)10-11-20-3/h4-7,13H,8-12H2,1-3H3. The molecule has 116 valence electrons. The minimum Gasteiger partial charge on any atom is -0.383 e. The number of hydrogen-bond acceptors (Lipinski definition) is 4. The predicted molar refractivity (Wildman–Crippen MR) is 88.1 cm³/mol. The van der Waals surface area contributed by atoms with Crippen LogP contribution in [0.5, 0.6) is 0 Å². The quantitative estimate of drug-likeness (QED) is 0.836. The average Bonchev–Trinajstić information content (AvgIpc) is 2.63. The first-order valence-corrected chi connectivity index (χ1v) is 8.23. The van der Waals surface area contributed by atoms with E-state index in [2.05, 4.69) is 13.0 Å². The van der Waals surface area contributed by atoms with Crippen molar-refractivity contribution in [3.63, 3.8) is 0 Å². The average molecular weight is 308 g/mol. The van der Waals surface area contributed by atoms with Crippen molar-refractivity contribution in [2.24, 2.45) is 0 Å². The number of amides is 1. The number of hydrogen-bond donors (Lipinski definition) is 0. The number of likely N-dealkylation sites (N-methyl/N-ethyl adjacent to an activating group) is 1. The minimum absolute atomic E-state index is 0.163. The molecule has 1 atom stereocenters. The molecule has 1 heterocycles. The Labute approximate surface area is 131 Å². The van der Waals surface area contributed by atoms with E-state index >= 15 is 0 Å². The first-order valence-electron chi connectivity index (χ1n) is 7.35. The number of para-hydroxylation sites is 1. The molecule has 0 aliphatic carbocycles. The molecule has 5 heteroatoms. The van der Waals surface area contributed by atoms with Crippen LogP contribution in [-0.4, -0.2) is 56.5 Å². The molecule has 1 aromatic carbocycles. The zero-order valence-electron chi connectivity index (χ0n) is 13.0. The summed E-state index contributed by atoms with van der Waals surface area (Å²) in [5, 5.41) is 0.537. The maximum absolute atomic E-state index is 12.6. The summed E-state index contributed by atoms with van der Waals surface area (Å²) in [4.78, 5) is 17.8. The lowest BCUT2D eigenvalue weighted by Gasteiger charge is -2.25. The van der Waals surface area contributed by atoms with Crippen molar-refractivity contribution in [3.05, 3.63) is 24.3 Å². The van der Waals surface area contributed by atoms with Gasteiger partial charge in [-0.25, -0.2) is 0 Å². The van der Waals surface area contributed by atoms with Crippen LogP contribution in [0.1, 0.15) is 13.3 Å². The Morgan fingerprint density at radius 2 is 2.24 bits per heavy atom. The van der Waals surface area contributed by atoms with E-state index in [1.807, 2.05) is 46.8 Å². The largest absolute Gasteiger partial charge is 0.383 e. The number of anilines is 1. The molecule has 0 aromatic heterocycles. The smallest absolute Gasteiger partial charge is 0.241 e. The molecule has 0 fully saturated rings. The number of carbonyl (C=O) groups excluding carboxylic acids is 1. The highest BCUT2D eigenvalue weighted by molar-refractivity contribution is 8.00. The maximum Gasteiger partial charge on any atom is 0.241 e. The van der Waals surface area contributed by atoms with E-state index < -0.39 is 0 Å². The van der Waals surface area contributed by atoms with Crippen molar-refractivity contribution < 1.29 is 9.53 Å². The summed E-state index contributed by atoms with van der Waals surface area (Å²) in [6.45, 7) is 4.86. The summed E-state index contributed by atoms with van der Waals surface area (Å²) >= 11 is 1.86. The van der Waals surface area contributed by atoms with Crippen LogP contribution in [-0.2, 0) is 9.53 Å². The van der Waals surface area contributed by atoms with E-state index in [9.17, 15) is 4.79 Å². The van der Waals surface area contributed by atoms with Gasteiger partial charge in [-0.05, 0) is 25.6 Å². The lowest BCUT2D eigenvalue weighted by molar-refractivity contribution is -0.119. The van der Waals surface area contributed by atoms with Crippen LogP contribution in [0.3, 0.4) is 0 Å². The Balaban J connectivity index is 2.09. The Morgan fingerprint density at radius 1 is 1.48 bits per heavy atom. The van der Waals surface area contributed by atoms with Crippen molar-refractivity contribution in [1.82, 2.24) is 4.90 Å². The van der Waals surface area contributed by atoms with Crippen LogP contribution >= 0.6 is 11.8 Å². The molecule has 1 amide bonds. The summed E-state index contributed by atoms with van der Waals surface area (Å²) in [6, 6.07) is 8.20. The first-order chi connectivity index (χ1) is 10.1. The molecule has 1 aromatic rings. The molecule has 0 saturated heterocycles. The first kappa shape index (κ1) is 16.3. The van der Waals surface area contributed by atoms with Crippen LogP contribution in [0.15, 0.2) is 29.2 Å². The van der Waals surface area contributed by atoms with E-state index in [1.165, 1.54) is 4.90 Å². The maximum atomic E-state index is 12.6. The number of ether oxygens (including phenoxy) is 1. The summed E-state index contributed by atoms with van der Waals surface area (Å²) < 4.78 is 5.06. The van der Waals surface area contributed by atoms with Crippen LogP contribution in [0.4, 0.5) is 5.69 Å². The zero-order valence-corrected chi connectivity index (χ0v) is 13.9. The van der Waals surface area contributed by atoms with Gasteiger partial charge in [0.1, 0.15) is 0 Å². The van der Waals surface area contributed by atoms with Gasteiger partial charge in [0.05, 0.1) is 18.8 Å². The van der Waals surface area contributed by atoms with Gasteiger partial charge >= 0.3 is 0 Å². The lowest BCUT2D eigenvalue weighted by Crippen LogP contribution is -2.40. The van der Waals surface area contributed by atoms with Gasteiger partial charge in [-0.2, -0.15) is 0 Å². The van der Waals surface area contributed by atoms with Crippen LogP contribution in [0.2, 0.25) is 0 Å². The number of methoxy groups -OCH3 is 1. The number of fused-ring (bicyclic) bond motifs is 1. The van der Waals surface area contributed by atoms with E-state index in [-0.39, 0.29) is 5.91 Å². The molecule has 2 rings (SSSR count). The van der Waals surface area contributed by atoms with Gasteiger partial charge in [0.25, 0.3) is 0 Å². The molecule has 0 saturated carbocycles. The number of rotatable bonds is 5. The molecule has 1 unspecified atom stereocenters. The highest BCUT2D eigenvalue weighted by Gasteiger charge is 2.24. The van der Waals surface area contributed by atoms with Gasteiger partial charge in [0, 0.05) is 30.3 Å². The Hall–Kier alpha value is -1.04. The molecule has 1 aliphatic heterocycles. The van der Waals surface area contributed by atoms with Gasteiger partial charge < -0.3 is 9.64 Å². The van der Waals surface area contributed by atoms with Gasteiger partial charge in [0.2, 0.25) is 5.91 Å². The number of nitrogens with zero attached hydrogens (tertiary/aromatic N) is 2. The second-order valence-corrected chi connectivity index (χ2v) is 6.94.